The van der Waals surface area contributed by atoms with Gasteiger partial charge in [0.2, 0.25) is 0 Å². The van der Waals surface area contributed by atoms with Gasteiger partial charge in [0.05, 0.1) is 12.3 Å². The van der Waals surface area contributed by atoms with Crippen molar-refractivity contribution >= 4 is 39.7 Å². The number of hydrogen-bond acceptors (Lipinski definition) is 5. The molecule has 0 aliphatic carbocycles. The van der Waals surface area contributed by atoms with Crippen LogP contribution in [0.4, 0.5) is 10.8 Å². The van der Waals surface area contributed by atoms with Gasteiger partial charge in [0.15, 0.2) is 5.76 Å². The molecule has 4 rings (SSSR count). The van der Waals surface area contributed by atoms with E-state index in [1.165, 1.54) is 17.6 Å². The van der Waals surface area contributed by atoms with Gasteiger partial charge in [-0.1, -0.05) is 35.9 Å². The molecule has 0 spiro atoms. The van der Waals surface area contributed by atoms with Crippen LogP contribution in [0.3, 0.4) is 0 Å². The van der Waals surface area contributed by atoms with Gasteiger partial charge in [-0.25, -0.2) is 4.98 Å². The normalized spacial score (nSPS) is 11.8. The highest BCUT2D eigenvalue weighted by atomic mass is 35.5. The number of furan rings is 1. The third-order valence-electron chi connectivity index (χ3n) is 4.34. The first-order valence-corrected chi connectivity index (χ1v) is 10.2. The molecule has 3 aromatic heterocycles. The predicted molar refractivity (Wildman–Crippen MR) is 117 cm³/mol. The molecule has 2 N–H and O–H groups in total. The number of nitrogens with one attached hydrogen (secondary N) is 2. The molecule has 0 bridgehead atoms. The van der Waals surface area contributed by atoms with Crippen molar-refractivity contribution in [3.63, 3.8) is 0 Å². The lowest BCUT2D eigenvalue weighted by Gasteiger charge is -2.22. The molecule has 0 radical (unpaired) electrons. The molecule has 0 saturated heterocycles. The lowest BCUT2D eigenvalue weighted by molar-refractivity contribution is 0.0997. The van der Waals surface area contributed by atoms with Gasteiger partial charge in [-0.3, -0.25) is 4.79 Å². The van der Waals surface area contributed by atoms with Gasteiger partial charge >= 0.3 is 0 Å². The molecule has 1 amide bonds. The summed E-state index contributed by atoms with van der Waals surface area (Å²) < 4.78 is 5.22. The second-order valence-electron chi connectivity index (χ2n) is 6.39. The molecule has 5 nitrogen and oxygen atoms in total. The van der Waals surface area contributed by atoms with Crippen molar-refractivity contribution in [1.82, 2.24) is 4.98 Å². The lowest BCUT2D eigenvalue weighted by Crippen LogP contribution is -2.17. The Kier molecular flexibility index (Phi) is 5.64. The standard InChI is InChI=1S/C22H18ClN3O2S/c1-14-13-16(22(29-14)26-21(27)18-9-6-12-28-18)20(15-7-2-3-8-17(15)23)25-19-10-4-5-11-24-19/h2-13,20H,1H3,(H,24,25)(H,26,27). The highest BCUT2D eigenvalue weighted by Crippen LogP contribution is 2.39. The van der Waals surface area contributed by atoms with E-state index in [9.17, 15) is 4.79 Å². The van der Waals surface area contributed by atoms with E-state index in [0.29, 0.717) is 10.8 Å². The quantitative estimate of drug-likeness (QED) is 0.390. The number of aromatic nitrogens is 1. The summed E-state index contributed by atoms with van der Waals surface area (Å²) in [6.45, 7) is 2.00. The summed E-state index contributed by atoms with van der Waals surface area (Å²) in [6.07, 6.45) is 3.20. The molecular formula is C22H18ClN3O2S. The zero-order valence-corrected chi connectivity index (χ0v) is 17.1. The number of aryl methyl sites for hydroxylation is 1. The van der Waals surface area contributed by atoms with Gasteiger partial charge in [0.1, 0.15) is 10.8 Å². The Morgan fingerprint density at radius 1 is 1.10 bits per heavy atom. The topological polar surface area (TPSA) is 67.2 Å². The summed E-state index contributed by atoms with van der Waals surface area (Å²) in [4.78, 5) is 18.0. The van der Waals surface area contributed by atoms with E-state index < -0.39 is 0 Å². The molecule has 0 fully saturated rings. The second-order valence-corrected chi connectivity index (χ2v) is 8.05. The molecule has 29 heavy (non-hydrogen) atoms. The molecule has 3 heterocycles. The zero-order valence-electron chi connectivity index (χ0n) is 15.6. The third kappa shape index (κ3) is 4.34. The Balaban J connectivity index is 1.74. The van der Waals surface area contributed by atoms with Gasteiger partial charge in [-0.15, -0.1) is 11.3 Å². The van der Waals surface area contributed by atoms with Crippen LogP contribution >= 0.6 is 22.9 Å². The summed E-state index contributed by atoms with van der Waals surface area (Å²) in [5.74, 6) is 0.674. The monoisotopic (exact) mass is 423 g/mol. The Labute approximate surface area is 177 Å². The molecule has 1 unspecified atom stereocenters. The maximum absolute atomic E-state index is 12.6. The lowest BCUT2D eigenvalue weighted by atomic mass is 9.99. The first kappa shape index (κ1) is 19.2. The van der Waals surface area contributed by atoms with Crippen molar-refractivity contribution in [3.8, 4) is 0 Å². The molecule has 0 aliphatic heterocycles. The molecular weight excluding hydrogens is 406 g/mol. The molecule has 146 valence electrons. The fraction of sp³-hybridized carbons (Fsp3) is 0.0909. The first-order valence-electron chi connectivity index (χ1n) is 8.99. The van der Waals surface area contributed by atoms with Crippen LogP contribution < -0.4 is 10.6 Å². The van der Waals surface area contributed by atoms with Crippen LogP contribution in [0.1, 0.15) is 32.6 Å². The number of thiophene rings is 1. The average molecular weight is 424 g/mol. The van der Waals surface area contributed by atoms with E-state index >= 15 is 0 Å². The highest BCUT2D eigenvalue weighted by molar-refractivity contribution is 7.16. The fourth-order valence-electron chi connectivity index (χ4n) is 3.05. The van der Waals surface area contributed by atoms with Crippen LogP contribution in [0.15, 0.2) is 77.5 Å². The molecule has 1 aromatic carbocycles. The maximum Gasteiger partial charge on any atom is 0.291 e. The van der Waals surface area contributed by atoms with Crippen LogP contribution in [0.5, 0.6) is 0 Å². The van der Waals surface area contributed by atoms with Gasteiger partial charge in [0, 0.05) is 21.7 Å². The second kappa shape index (κ2) is 8.51. The van der Waals surface area contributed by atoms with Gasteiger partial charge in [-0.2, -0.15) is 0 Å². The summed E-state index contributed by atoms with van der Waals surface area (Å²) in [5, 5.41) is 7.79. The number of carbonyl (C=O) groups is 1. The molecule has 1 atom stereocenters. The van der Waals surface area contributed by atoms with Crippen LogP contribution in [-0.2, 0) is 0 Å². The summed E-state index contributed by atoms with van der Waals surface area (Å²) in [5.41, 5.74) is 1.80. The number of carbonyl (C=O) groups excluding carboxylic acids is 1. The number of pyridine rings is 1. The minimum atomic E-state index is -0.297. The first-order chi connectivity index (χ1) is 14.1. The van der Waals surface area contributed by atoms with Gasteiger partial charge in [-0.05, 0) is 48.9 Å². The fourth-order valence-corrected chi connectivity index (χ4v) is 4.24. The highest BCUT2D eigenvalue weighted by Gasteiger charge is 2.24. The van der Waals surface area contributed by atoms with Crippen molar-refractivity contribution in [2.45, 2.75) is 13.0 Å². The van der Waals surface area contributed by atoms with Crippen LogP contribution in [0, 0.1) is 6.92 Å². The number of anilines is 2. The van der Waals surface area contributed by atoms with Crippen LogP contribution in [-0.4, -0.2) is 10.9 Å². The molecule has 4 aromatic rings. The van der Waals surface area contributed by atoms with E-state index in [1.807, 2.05) is 55.5 Å². The van der Waals surface area contributed by atoms with Crippen molar-refractivity contribution < 1.29 is 9.21 Å². The number of rotatable bonds is 6. The van der Waals surface area contributed by atoms with Crippen LogP contribution in [0.25, 0.3) is 0 Å². The number of nitrogens with zero attached hydrogens (tertiary/aromatic N) is 1. The Bertz CT molecular complexity index is 1110. The third-order valence-corrected chi connectivity index (χ3v) is 5.67. The summed E-state index contributed by atoms with van der Waals surface area (Å²) in [7, 11) is 0. The number of halogens is 1. The molecule has 0 saturated carbocycles. The largest absolute Gasteiger partial charge is 0.459 e. The minimum absolute atomic E-state index is 0.258. The van der Waals surface area contributed by atoms with Gasteiger partial charge < -0.3 is 15.1 Å². The van der Waals surface area contributed by atoms with Gasteiger partial charge in [0.25, 0.3) is 5.91 Å². The van der Waals surface area contributed by atoms with Crippen molar-refractivity contribution in [2.75, 3.05) is 10.6 Å². The molecule has 0 aliphatic rings. The zero-order chi connectivity index (χ0) is 20.2. The number of hydrogen-bond donors (Lipinski definition) is 2. The Morgan fingerprint density at radius 2 is 1.93 bits per heavy atom. The van der Waals surface area contributed by atoms with Crippen molar-refractivity contribution in [2.24, 2.45) is 0 Å². The predicted octanol–water partition coefficient (Wildman–Crippen LogP) is 6.15. The summed E-state index contributed by atoms with van der Waals surface area (Å²) in [6, 6.07) is 18.4. The minimum Gasteiger partial charge on any atom is -0.459 e. The van der Waals surface area contributed by atoms with E-state index in [1.54, 1.807) is 18.3 Å². The van der Waals surface area contributed by atoms with Crippen molar-refractivity contribution in [1.29, 1.82) is 0 Å². The smallest absolute Gasteiger partial charge is 0.291 e. The van der Waals surface area contributed by atoms with E-state index in [2.05, 4.69) is 15.6 Å². The van der Waals surface area contributed by atoms with E-state index in [4.69, 9.17) is 16.0 Å². The number of amides is 1. The van der Waals surface area contributed by atoms with Crippen molar-refractivity contribution in [3.05, 3.63) is 99.9 Å². The van der Waals surface area contributed by atoms with E-state index in [0.717, 1.165) is 21.0 Å². The van der Waals surface area contributed by atoms with Crippen LogP contribution in [0.2, 0.25) is 5.02 Å². The maximum atomic E-state index is 12.6. The summed E-state index contributed by atoms with van der Waals surface area (Å²) >= 11 is 8.02. The SMILES string of the molecule is Cc1cc(C(Nc2ccccn2)c2ccccc2Cl)c(NC(=O)c2ccco2)s1. The molecule has 7 heteroatoms. The number of benzene rings is 1. The van der Waals surface area contributed by atoms with E-state index in [-0.39, 0.29) is 17.7 Å². The Morgan fingerprint density at radius 3 is 2.66 bits per heavy atom. The average Bonchev–Trinajstić information content (AvgIpc) is 3.38. The Hall–Kier alpha value is -3.09.